The Labute approximate surface area is 173 Å². The molecule has 0 aliphatic carbocycles. The van der Waals surface area contributed by atoms with Crippen LogP contribution >= 0.6 is 22.9 Å². The van der Waals surface area contributed by atoms with Crippen LogP contribution in [0, 0.1) is 0 Å². The lowest BCUT2D eigenvalue weighted by Crippen LogP contribution is -2.38. The van der Waals surface area contributed by atoms with Crippen molar-refractivity contribution in [2.45, 2.75) is 32.9 Å². The van der Waals surface area contributed by atoms with Crippen molar-refractivity contribution in [1.82, 2.24) is 4.57 Å². The molecule has 0 saturated carbocycles. The lowest BCUT2D eigenvalue weighted by atomic mass is 10.1. The fourth-order valence-electron chi connectivity index (χ4n) is 2.68. The molecule has 5 nitrogen and oxygen atoms in total. The van der Waals surface area contributed by atoms with Crippen LogP contribution in [0.2, 0.25) is 5.02 Å². The first-order valence-electron chi connectivity index (χ1n) is 9.10. The number of carbonyl (C=O) groups is 1. The fraction of sp³-hybridized carbons (Fsp3) is 0.333. The van der Waals surface area contributed by atoms with Gasteiger partial charge in [0.05, 0.1) is 16.8 Å². The zero-order valence-electron chi connectivity index (χ0n) is 16.1. The molecule has 7 heteroatoms. The van der Waals surface area contributed by atoms with Crippen molar-refractivity contribution in [3.05, 3.63) is 58.4 Å². The van der Waals surface area contributed by atoms with E-state index in [-0.39, 0.29) is 5.91 Å². The molecule has 2 aromatic carbocycles. The van der Waals surface area contributed by atoms with Crippen LogP contribution in [0.15, 0.2) is 53.5 Å². The molecular weight excluding hydrogens is 396 g/mol. The zero-order valence-corrected chi connectivity index (χ0v) is 17.7. The van der Waals surface area contributed by atoms with Crippen molar-refractivity contribution in [3.8, 4) is 5.75 Å². The van der Waals surface area contributed by atoms with E-state index in [0.717, 1.165) is 10.2 Å². The monoisotopic (exact) mass is 418 g/mol. The molecule has 1 amide bonds. The van der Waals surface area contributed by atoms with Crippen LogP contribution in [-0.4, -0.2) is 29.3 Å². The second-order valence-electron chi connectivity index (χ2n) is 6.68. The normalized spacial score (nSPS) is 12.5. The molecule has 0 unspecified atom stereocenters. The summed E-state index contributed by atoms with van der Waals surface area (Å²) in [6.07, 6.45) is 0. The number of ether oxygens (including phenoxy) is 2. The van der Waals surface area contributed by atoms with E-state index in [1.807, 2.05) is 35.8 Å². The molecule has 1 aromatic heterocycles. The van der Waals surface area contributed by atoms with Gasteiger partial charge >= 0.3 is 0 Å². The van der Waals surface area contributed by atoms with Crippen molar-refractivity contribution in [2.24, 2.45) is 4.99 Å². The van der Waals surface area contributed by atoms with E-state index in [1.54, 1.807) is 38.1 Å². The summed E-state index contributed by atoms with van der Waals surface area (Å²) in [6, 6.07) is 14.9. The number of hydrogen-bond acceptors (Lipinski definition) is 4. The highest BCUT2D eigenvalue weighted by atomic mass is 35.5. The number of aromatic nitrogens is 1. The van der Waals surface area contributed by atoms with Crippen molar-refractivity contribution in [2.75, 3.05) is 13.2 Å². The van der Waals surface area contributed by atoms with E-state index in [9.17, 15) is 4.79 Å². The third-order valence-corrected chi connectivity index (χ3v) is 5.46. The molecule has 1 heterocycles. The summed E-state index contributed by atoms with van der Waals surface area (Å²) in [7, 11) is 0. The molecule has 0 spiro atoms. The van der Waals surface area contributed by atoms with Gasteiger partial charge in [-0.25, -0.2) is 0 Å². The van der Waals surface area contributed by atoms with Gasteiger partial charge in [-0.2, -0.15) is 4.99 Å². The SMILES string of the molecule is CCOCCn1c(=NC(=O)C(C)(C)Oc2ccc(Cl)cc2)sc2ccccc21. The molecule has 3 rings (SSSR count). The summed E-state index contributed by atoms with van der Waals surface area (Å²) in [6.45, 7) is 7.22. The van der Waals surface area contributed by atoms with Gasteiger partial charge < -0.3 is 14.0 Å². The van der Waals surface area contributed by atoms with Crippen molar-refractivity contribution in [1.29, 1.82) is 0 Å². The number of thiazole rings is 1. The average molecular weight is 419 g/mol. The summed E-state index contributed by atoms with van der Waals surface area (Å²) in [5.74, 6) is 0.220. The molecule has 0 atom stereocenters. The van der Waals surface area contributed by atoms with E-state index < -0.39 is 5.60 Å². The summed E-state index contributed by atoms with van der Waals surface area (Å²) in [4.78, 5) is 17.9. The number of benzene rings is 2. The minimum Gasteiger partial charge on any atom is -0.478 e. The minimum atomic E-state index is -1.11. The molecule has 3 aromatic rings. The fourth-order valence-corrected chi connectivity index (χ4v) is 3.87. The van der Waals surface area contributed by atoms with Crippen LogP contribution < -0.4 is 9.54 Å². The Morgan fingerprint density at radius 1 is 1.18 bits per heavy atom. The molecule has 0 fully saturated rings. The largest absolute Gasteiger partial charge is 0.478 e. The quantitative estimate of drug-likeness (QED) is 0.523. The maximum absolute atomic E-state index is 12.9. The zero-order chi connectivity index (χ0) is 20.1. The lowest BCUT2D eigenvalue weighted by molar-refractivity contribution is -0.130. The summed E-state index contributed by atoms with van der Waals surface area (Å²) >= 11 is 7.39. The van der Waals surface area contributed by atoms with Crippen LogP contribution in [-0.2, 0) is 16.1 Å². The first-order valence-corrected chi connectivity index (χ1v) is 10.3. The van der Waals surface area contributed by atoms with Gasteiger partial charge in [0.15, 0.2) is 10.4 Å². The molecule has 0 N–H and O–H groups in total. The minimum absolute atomic E-state index is 0.348. The van der Waals surface area contributed by atoms with Gasteiger partial charge in [0.1, 0.15) is 5.75 Å². The van der Waals surface area contributed by atoms with Gasteiger partial charge in [-0.15, -0.1) is 0 Å². The Kier molecular flexibility index (Phi) is 6.54. The van der Waals surface area contributed by atoms with E-state index >= 15 is 0 Å². The number of para-hydroxylation sites is 1. The second kappa shape index (κ2) is 8.90. The standard InChI is InChI=1S/C21H23ClN2O3S/c1-4-26-14-13-24-17-7-5-6-8-18(17)28-20(24)23-19(25)21(2,3)27-16-11-9-15(22)10-12-16/h5-12H,4,13-14H2,1-3H3. The molecule has 148 valence electrons. The summed E-state index contributed by atoms with van der Waals surface area (Å²) in [5, 5.41) is 0.613. The highest BCUT2D eigenvalue weighted by Gasteiger charge is 2.30. The van der Waals surface area contributed by atoms with E-state index in [2.05, 4.69) is 4.99 Å². The predicted octanol–water partition coefficient (Wildman–Crippen LogP) is 4.68. The van der Waals surface area contributed by atoms with Crippen molar-refractivity contribution < 1.29 is 14.3 Å². The number of carbonyl (C=O) groups excluding carboxylic acids is 1. The number of rotatable bonds is 7. The van der Waals surface area contributed by atoms with E-state index in [4.69, 9.17) is 21.1 Å². The van der Waals surface area contributed by atoms with Gasteiger partial charge in [-0.05, 0) is 57.2 Å². The Bertz CT molecular complexity index is 1020. The molecule has 0 saturated heterocycles. The maximum atomic E-state index is 12.9. The highest BCUT2D eigenvalue weighted by molar-refractivity contribution is 7.16. The highest BCUT2D eigenvalue weighted by Crippen LogP contribution is 2.22. The molecular formula is C21H23ClN2O3S. The van der Waals surface area contributed by atoms with Gasteiger partial charge in [0, 0.05) is 18.2 Å². The Balaban J connectivity index is 1.92. The molecule has 28 heavy (non-hydrogen) atoms. The van der Waals surface area contributed by atoms with Crippen LogP contribution in [0.5, 0.6) is 5.75 Å². The van der Waals surface area contributed by atoms with Gasteiger partial charge in [-0.3, -0.25) is 4.79 Å². The Morgan fingerprint density at radius 3 is 2.61 bits per heavy atom. The van der Waals surface area contributed by atoms with E-state index in [1.165, 1.54) is 11.3 Å². The molecule has 0 aliphatic heterocycles. The molecule has 0 radical (unpaired) electrons. The number of halogens is 1. The second-order valence-corrected chi connectivity index (χ2v) is 8.13. The number of nitrogens with zero attached hydrogens (tertiary/aromatic N) is 2. The lowest BCUT2D eigenvalue weighted by Gasteiger charge is -2.22. The van der Waals surface area contributed by atoms with Gasteiger partial charge in [-0.1, -0.05) is 35.1 Å². The van der Waals surface area contributed by atoms with E-state index in [0.29, 0.717) is 35.3 Å². The Hall–Kier alpha value is -2.15. The topological polar surface area (TPSA) is 52.8 Å². The van der Waals surface area contributed by atoms with Gasteiger partial charge in [0.2, 0.25) is 0 Å². The van der Waals surface area contributed by atoms with Crippen molar-refractivity contribution in [3.63, 3.8) is 0 Å². The molecule has 0 aliphatic rings. The smallest absolute Gasteiger partial charge is 0.291 e. The van der Waals surface area contributed by atoms with Crippen LogP contribution in [0.3, 0.4) is 0 Å². The number of hydrogen-bond donors (Lipinski definition) is 0. The first kappa shape index (κ1) is 20.6. The van der Waals surface area contributed by atoms with Crippen LogP contribution in [0.1, 0.15) is 20.8 Å². The average Bonchev–Trinajstić information content (AvgIpc) is 3.01. The first-order chi connectivity index (χ1) is 13.4. The number of amides is 1. The van der Waals surface area contributed by atoms with Crippen molar-refractivity contribution >= 4 is 39.1 Å². The third kappa shape index (κ3) is 4.82. The summed E-state index contributed by atoms with van der Waals surface area (Å²) < 4.78 is 14.5. The molecule has 0 bridgehead atoms. The number of fused-ring (bicyclic) bond motifs is 1. The van der Waals surface area contributed by atoms with Crippen LogP contribution in [0.4, 0.5) is 0 Å². The third-order valence-electron chi connectivity index (χ3n) is 4.15. The van der Waals surface area contributed by atoms with Crippen LogP contribution in [0.25, 0.3) is 10.2 Å². The predicted molar refractivity (Wildman–Crippen MR) is 113 cm³/mol. The van der Waals surface area contributed by atoms with Gasteiger partial charge in [0.25, 0.3) is 5.91 Å². The summed E-state index contributed by atoms with van der Waals surface area (Å²) in [5.41, 5.74) is -0.0722. The maximum Gasteiger partial charge on any atom is 0.291 e. The Morgan fingerprint density at radius 2 is 1.89 bits per heavy atom.